The average molecular weight is 433 g/mol. The van der Waals surface area contributed by atoms with E-state index in [1.54, 1.807) is 13.0 Å². The SMILES string of the molecule is CC1(C(=O)NS(=O)(=O)c2ccccc2Cl)CCN1C(=O)C1(c2ccccc2)CC1. The van der Waals surface area contributed by atoms with E-state index in [1.165, 1.54) is 23.1 Å². The zero-order valence-corrected chi connectivity index (χ0v) is 17.5. The number of carbonyl (C=O) groups is 2. The monoisotopic (exact) mass is 432 g/mol. The van der Waals surface area contributed by atoms with Crippen LogP contribution in [0.2, 0.25) is 5.02 Å². The van der Waals surface area contributed by atoms with Gasteiger partial charge < -0.3 is 4.90 Å². The zero-order valence-electron chi connectivity index (χ0n) is 15.9. The Morgan fingerprint density at radius 2 is 1.62 bits per heavy atom. The molecule has 29 heavy (non-hydrogen) atoms. The number of carbonyl (C=O) groups excluding carboxylic acids is 2. The maximum absolute atomic E-state index is 13.3. The molecule has 6 nitrogen and oxygen atoms in total. The Balaban J connectivity index is 1.55. The molecule has 1 saturated heterocycles. The van der Waals surface area contributed by atoms with E-state index < -0.39 is 26.9 Å². The molecular weight excluding hydrogens is 412 g/mol. The molecule has 1 heterocycles. The molecule has 1 N–H and O–H groups in total. The van der Waals surface area contributed by atoms with Crippen molar-refractivity contribution < 1.29 is 18.0 Å². The maximum atomic E-state index is 13.3. The van der Waals surface area contributed by atoms with Gasteiger partial charge in [-0.3, -0.25) is 9.59 Å². The molecule has 2 aromatic rings. The number of benzene rings is 2. The molecule has 2 fully saturated rings. The predicted octanol–water partition coefficient (Wildman–Crippen LogP) is 2.87. The van der Waals surface area contributed by atoms with Crippen molar-refractivity contribution in [3.63, 3.8) is 0 Å². The summed E-state index contributed by atoms with van der Waals surface area (Å²) < 4.78 is 27.4. The molecule has 152 valence electrons. The Morgan fingerprint density at radius 1 is 1.00 bits per heavy atom. The van der Waals surface area contributed by atoms with Gasteiger partial charge in [-0.2, -0.15) is 0 Å². The van der Waals surface area contributed by atoms with Crippen molar-refractivity contribution in [3.05, 3.63) is 65.2 Å². The molecular formula is C21H21ClN2O4S. The molecule has 0 bridgehead atoms. The van der Waals surface area contributed by atoms with Gasteiger partial charge in [0.05, 0.1) is 10.4 Å². The van der Waals surface area contributed by atoms with Crippen molar-refractivity contribution in [1.82, 2.24) is 9.62 Å². The van der Waals surface area contributed by atoms with Crippen LogP contribution < -0.4 is 4.72 Å². The fourth-order valence-electron chi connectivity index (χ4n) is 3.84. The van der Waals surface area contributed by atoms with E-state index in [9.17, 15) is 18.0 Å². The second-order valence-electron chi connectivity index (χ2n) is 7.79. The molecule has 2 amide bonds. The molecule has 0 radical (unpaired) electrons. The fraction of sp³-hybridized carbons (Fsp3) is 0.333. The quantitative estimate of drug-likeness (QED) is 0.787. The summed E-state index contributed by atoms with van der Waals surface area (Å²) in [7, 11) is -4.14. The molecule has 0 aromatic heterocycles. The Bertz CT molecular complexity index is 1080. The molecule has 2 aromatic carbocycles. The second kappa shape index (κ2) is 6.85. The van der Waals surface area contributed by atoms with Crippen molar-refractivity contribution in [2.24, 2.45) is 0 Å². The molecule has 1 saturated carbocycles. The van der Waals surface area contributed by atoms with Crippen molar-refractivity contribution in [2.75, 3.05) is 6.54 Å². The Kier molecular flexibility index (Phi) is 4.70. The van der Waals surface area contributed by atoms with Gasteiger partial charge in [0.1, 0.15) is 10.4 Å². The van der Waals surface area contributed by atoms with E-state index >= 15 is 0 Å². The van der Waals surface area contributed by atoms with Crippen LogP contribution in [0.4, 0.5) is 0 Å². The van der Waals surface area contributed by atoms with Crippen LogP contribution in [0.1, 0.15) is 31.7 Å². The lowest BCUT2D eigenvalue weighted by Crippen LogP contribution is -2.69. The number of halogens is 1. The third-order valence-electron chi connectivity index (χ3n) is 5.99. The van der Waals surface area contributed by atoms with Gasteiger partial charge in [0.15, 0.2) is 0 Å². The molecule has 2 aliphatic rings. The highest BCUT2D eigenvalue weighted by atomic mass is 35.5. The van der Waals surface area contributed by atoms with Crippen LogP contribution in [0.15, 0.2) is 59.5 Å². The molecule has 8 heteroatoms. The van der Waals surface area contributed by atoms with Gasteiger partial charge in [-0.15, -0.1) is 0 Å². The highest BCUT2D eigenvalue weighted by molar-refractivity contribution is 7.90. The van der Waals surface area contributed by atoms with Crippen molar-refractivity contribution in [1.29, 1.82) is 0 Å². The smallest absolute Gasteiger partial charge is 0.265 e. The van der Waals surface area contributed by atoms with Crippen molar-refractivity contribution in [3.8, 4) is 0 Å². The average Bonchev–Trinajstić information content (AvgIpc) is 3.49. The van der Waals surface area contributed by atoms with E-state index in [0.717, 1.165) is 18.4 Å². The summed E-state index contributed by atoms with van der Waals surface area (Å²) >= 11 is 5.97. The van der Waals surface area contributed by atoms with Crippen LogP contribution in [0.5, 0.6) is 0 Å². The van der Waals surface area contributed by atoms with Gasteiger partial charge in [-0.1, -0.05) is 54.1 Å². The number of hydrogen-bond donors (Lipinski definition) is 1. The lowest BCUT2D eigenvalue weighted by Gasteiger charge is -2.50. The van der Waals surface area contributed by atoms with Gasteiger partial charge in [0.2, 0.25) is 5.91 Å². The minimum Gasteiger partial charge on any atom is -0.327 e. The van der Waals surface area contributed by atoms with Crippen LogP contribution >= 0.6 is 11.6 Å². The summed E-state index contributed by atoms with van der Waals surface area (Å²) in [5.41, 5.74) is -0.885. The number of nitrogens with zero attached hydrogens (tertiary/aromatic N) is 1. The lowest BCUT2D eigenvalue weighted by atomic mass is 9.82. The number of sulfonamides is 1. The van der Waals surface area contributed by atoms with E-state index in [0.29, 0.717) is 13.0 Å². The molecule has 1 aliphatic carbocycles. The second-order valence-corrected chi connectivity index (χ2v) is 9.85. The van der Waals surface area contributed by atoms with E-state index in [2.05, 4.69) is 4.72 Å². The van der Waals surface area contributed by atoms with Crippen molar-refractivity contribution in [2.45, 2.75) is 42.0 Å². The summed E-state index contributed by atoms with van der Waals surface area (Å²) in [4.78, 5) is 27.6. The molecule has 4 rings (SSSR count). The molecule has 1 unspecified atom stereocenters. The lowest BCUT2D eigenvalue weighted by molar-refractivity contribution is -0.158. The first kappa shape index (κ1) is 19.9. The Labute approximate surface area is 174 Å². The first-order valence-electron chi connectivity index (χ1n) is 9.40. The fourth-order valence-corrected chi connectivity index (χ4v) is 5.43. The summed E-state index contributed by atoms with van der Waals surface area (Å²) in [6.45, 7) is 2.02. The molecule has 1 atom stereocenters. The number of likely N-dealkylation sites (tertiary alicyclic amines) is 1. The number of rotatable bonds is 5. The minimum atomic E-state index is -4.14. The number of hydrogen-bond acceptors (Lipinski definition) is 4. The van der Waals surface area contributed by atoms with E-state index in [-0.39, 0.29) is 15.8 Å². The van der Waals surface area contributed by atoms with Gasteiger partial charge in [-0.25, -0.2) is 13.1 Å². The first-order chi connectivity index (χ1) is 13.7. The summed E-state index contributed by atoms with van der Waals surface area (Å²) in [5.74, 6) is -0.844. The highest BCUT2D eigenvalue weighted by Gasteiger charge is 2.60. The van der Waals surface area contributed by atoms with Crippen molar-refractivity contribution >= 4 is 33.4 Å². The van der Waals surface area contributed by atoms with E-state index in [1.807, 2.05) is 30.3 Å². The third-order valence-corrected chi connectivity index (χ3v) is 7.82. The minimum absolute atomic E-state index is 0.0282. The standard InChI is InChI=1S/C21H21ClN2O4S/c1-20(18(25)23-29(27,28)17-10-6-5-9-16(17)22)13-14-24(20)19(26)21(11-12-21)15-7-3-2-4-8-15/h2-10H,11-14H2,1H3,(H,23,25). The Morgan fingerprint density at radius 3 is 2.17 bits per heavy atom. The summed E-state index contributed by atoms with van der Waals surface area (Å²) in [6.07, 6.45) is 1.84. The van der Waals surface area contributed by atoms with Crippen LogP contribution in [0, 0.1) is 0 Å². The highest BCUT2D eigenvalue weighted by Crippen LogP contribution is 2.51. The topological polar surface area (TPSA) is 83.6 Å². The Hall–Kier alpha value is -2.38. The molecule has 1 aliphatic heterocycles. The molecule has 0 spiro atoms. The van der Waals surface area contributed by atoms with Gasteiger partial charge in [0, 0.05) is 6.54 Å². The summed E-state index contributed by atoms with van der Waals surface area (Å²) in [5, 5.41) is 0.0282. The normalized spacial score (nSPS) is 22.5. The summed E-state index contributed by atoms with van der Waals surface area (Å²) in [6, 6.07) is 15.4. The van der Waals surface area contributed by atoms with Gasteiger partial charge >= 0.3 is 0 Å². The van der Waals surface area contributed by atoms with Gasteiger partial charge in [-0.05, 0) is 43.9 Å². The van der Waals surface area contributed by atoms with E-state index in [4.69, 9.17) is 11.6 Å². The predicted molar refractivity (Wildman–Crippen MR) is 109 cm³/mol. The maximum Gasteiger partial charge on any atom is 0.265 e. The first-order valence-corrected chi connectivity index (χ1v) is 11.3. The van der Waals surface area contributed by atoms with Crippen LogP contribution in [-0.2, 0) is 25.0 Å². The number of nitrogens with one attached hydrogen (secondary N) is 1. The van der Waals surface area contributed by atoms with Crippen LogP contribution in [0.3, 0.4) is 0 Å². The van der Waals surface area contributed by atoms with Crippen LogP contribution in [0.25, 0.3) is 0 Å². The zero-order chi connectivity index (χ0) is 20.9. The third kappa shape index (κ3) is 3.22. The van der Waals surface area contributed by atoms with Gasteiger partial charge in [0.25, 0.3) is 15.9 Å². The van der Waals surface area contributed by atoms with Crippen LogP contribution in [-0.4, -0.2) is 37.2 Å². The largest absolute Gasteiger partial charge is 0.327 e. The number of amides is 2.